The van der Waals surface area contributed by atoms with Crippen molar-refractivity contribution >= 4 is 5.91 Å². The van der Waals surface area contributed by atoms with Gasteiger partial charge in [0.25, 0.3) is 5.91 Å². The van der Waals surface area contributed by atoms with E-state index in [2.05, 4.69) is 24.1 Å². The highest BCUT2D eigenvalue weighted by atomic mass is 16.5. The van der Waals surface area contributed by atoms with E-state index in [0.29, 0.717) is 11.4 Å². The van der Waals surface area contributed by atoms with Gasteiger partial charge in [0.1, 0.15) is 5.75 Å². The summed E-state index contributed by atoms with van der Waals surface area (Å²) in [5.74, 6) is 0.587. The van der Waals surface area contributed by atoms with Crippen molar-refractivity contribution in [1.82, 2.24) is 10.3 Å². The molecule has 1 aromatic heterocycles. The van der Waals surface area contributed by atoms with Crippen molar-refractivity contribution in [2.45, 2.75) is 26.5 Å². The fourth-order valence-electron chi connectivity index (χ4n) is 2.25. The average Bonchev–Trinajstić information content (AvgIpc) is 2.58. The number of nitrogens with one attached hydrogen (secondary N) is 1. The van der Waals surface area contributed by atoms with Crippen molar-refractivity contribution < 1.29 is 14.6 Å². The molecular formula is C18H22N2O3. The normalized spacial score (nSPS) is 12.0. The molecule has 5 heteroatoms. The number of hydrogen-bond acceptors (Lipinski definition) is 4. The molecular weight excluding hydrogens is 292 g/mol. The molecule has 0 saturated heterocycles. The van der Waals surface area contributed by atoms with E-state index < -0.39 is 0 Å². The Morgan fingerprint density at radius 1 is 1.22 bits per heavy atom. The van der Waals surface area contributed by atoms with Crippen LogP contribution in [0, 0.1) is 5.92 Å². The molecule has 1 unspecified atom stereocenters. The maximum atomic E-state index is 12.1. The van der Waals surface area contributed by atoms with Crippen molar-refractivity contribution in [2.24, 2.45) is 5.92 Å². The molecule has 0 radical (unpaired) electrons. The minimum atomic E-state index is -0.182. The second kappa shape index (κ2) is 8.29. The van der Waals surface area contributed by atoms with Gasteiger partial charge in [0, 0.05) is 0 Å². The number of carbonyl (C=O) groups excluding carboxylic acids is 1. The van der Waals surface area contributed by atoms with Gasteiger partial charge >= 0.3 is 0 Å². The summed E-state index contributed by atoms with van der Waals surface area (Å²) in [5, 5.41) is 11.9. The standard InChI is InChI=1S/C18H22N2O3/c1-13(2)18(14-6-4-3-5-7-14)20-17(22)12-23-16-9-8-15(11-21)19-10-16/h3-10,13,18,21H,11-12H2,1-2H3,(H,20,22). The second-order valence-electron chi connectivity index (χ2n) is 5.63. The van der Waals surface area contributed by atoms with Gasteiger partial charge in [-0.05, 0) is 23.6 Å². The largest absolute Gasteiger partial charge is 0.482 e. The summed E-state index contributed by atoms with van der Waals surface area (Å²) < 4.78 is 5.43. The van der Waals surface area contributed by atoms with E-state index in [9.17, 15) is 4.79 Å². The maximum Gasteiger partial charge on any atom is 0.258 e. The lowest BCUT2D eigenvalue weighted by molar-refractivity contribution is -0.124. The van der Waals surface area contributed by atoms with Gasteiger partial charge in [0.2, 0.25) is 0 Å². The highest BCUT2D eigenvalue weighted by molar-refractivity contribution is 5.78. The van der Waals surface area contributed by atoms with Crippen LogP contribution in [0.3, 0.4) is 0 Å². The van der Waals surface area contributed by atoms with E-state index >= 15 is 0 Å². The van der Waals surface area contributed by atoms with Crippen LogP contribution in [0.1, 0.15) is 31.1 Å². The molecule has 0 spiro atoms. The lowest BCUT2D eigenvalue weighted by atomic mass is 9.96. The number of ether oxygens (including phenoxy) is 1. The third kappa shape index (κ3) is 5.07. The smallest absolute Gasteiger partial charge is 0.258 e. The van der Waals surface area contributed by atoms with Crippen LogP contribution in [0.15, 0.2) is 48.7 Å². The van der Waals surface area contributed by atoms with Crippen molar-refractivity contribution in [1.29, 1.82) is 0 Å². The molecule has 23 heavy (non-hydrogen) atoms. The molecule has 1 amide bonds. The van der Waals surface area contributed by atoms with Gasteiger partial charge < -0.3 is 15.2 Å². The number of nitrogens with zero attached hydrogens (tertiary/aromatic N) is 1. The van der Waals surface area contributed by atoms with Crippen LogP contribution in [0.2, 0.25) is 0 Å². The predicted molar refractivity (Wildman–Crippen MR) is 87.8 cm³/mol. The number of benzene rings is 1. The van der Waals surface area contributed by atoms with Crippen LogP contribution in [0.5, 0.6) is 5.75 Å². The van der Waals surface area contributed by atoms with Gasteiger partial charge in [-0.15, -0.1) is 0 Å². The summed E-state index contributed by atoms with van der Waals surface area (Å²) in [7, 11) is 0. The molecule has 2 rings (SSSR count). The van der Waals surface area contributed by atoms with Gasteiger partial charge in [0.15, 0.2) is 6.61 Å². The SMILES string of the molecule is CC(C)C(NC(=O)COc1ccc(CO)nc1)c1ccccc1. The number of pyridine rings is 1. The summed E-state index contributed by atoms with van der Waals surface area (Å²) in [6.45, 7) is 3.94. The van der Waals surface area contributed by atoms with Crippen molar-refractivity contribution in [3.63, 3.8) is 0 Å². The molecule has 0 aliphatic rings. The summed E-state index contributed by atoms with van der Waals surface area (Å²) in [5.41, 5.74) is 1.63. The molecule has 0 saturated carbocycles. The zero-order valence-corrected chi connectivity index (χ0v) is 13.4. The van der Waals surface area contributed by atoms with Gasteiger partial charge in [-0.2, -0.15) is 0 Å². The Morgan fingerprint density at radius 2 is 1.96 bits per heavy atom. The molecule has 0 aliphatic heterocycles. The third-order valence-electron chi connectivity index (χ3n) is 3.47. The van der Waals surface area contributed by atoms with Crippen molar-refractivity contribution in [2.75, 3.05) is 6.61 Å². The topological polar surface area (TPSA) is 71.5 Å². The second-order valence-corrected chi connectivity index (χ2v) is 5.63. The lowest BCUT2D eigenvalue weighted by Crippen LogP contribution is -2.35. The van der Waals surface area contributed by atoms with Crippen LogP contribution in [0.25, 0.3) is 0 Å². The molecule has 2 aromatic rings. The summed E-state index contributed by atoms with van der Waals surface area (Å²) >= 11 is 0. The number of rotatable bonds is 7. The average molecular weight is 314 g/mol. The number of carbonyl (C=O) groups is 1. The van der Waals surface area contributed by atoms with E-state index in [1.54, 1.807) is 12.1 Å². The number of aliphatic hydroxyl groups excluding tert-OH is 1. The van der Waals surface area contributed by atoms with Gasteiger partial charge in [-0.1, -0.05) is 44.2 Å². The Bertz CT molecular complexity index is 612. The molecule has 1 heterocycles. The molecule has 1 aromatic carbocycles. The van der Waals surface area contributed by atoms with E-state index in [1.165, 1.54) is 6.20 Å². The monoisotopic (exact) mass is 314 g/mol. The third-order valence-corrected chi connectivity index (χ3v) is 3.47. The zero-order valence-electron chi connectivity index (χ0n) is 13.4. The Hall–Kier alpha value is -2.40. The van der Waals surface area contributed by atoms with Gasteiger partial charge in [-0.25, -0.2) is 0 Å². The molecule has 1 atom stereocenters. The summed E-state index contributed by atoms with van der Waals surface area (Å²) in [4.78, 5) is 16.1. The Labute approximate surface area is 136 Å². The highest BCUT2D eigenvalue weighted by Crippen LogP contribution is 2.21. The maximum absolute atomic E-state index is 12.1. The fourth-order valence-corrected chi connectivity index (χ4v) is 2.25. The molecule has 2 N–H and O–H groups in total. The first-order valence-corrected chi connectivity index (χ1v) is 7.63. The van der Waals surface area contributed by atoms with Crippen molar-refractivity contribution in [3.05, 3.63) is 59.9 Å². The number of amides is 1. The Kier molecular flexibility index (Phi) is 6.11. The van der Waals surface area contributed by atoms with Crippen LogP contribution >= 0.6 is 0 Å². The Balaban J connectivity index is 1.91. The van der Waals surface area contributed by atoms with Crippen LogP contribution in [0.4, 0.5) is 0 Å². The summed E-state index contributed by atoms with van der Waals surface area (Å²) in [6, 6.07) is 13.2. The quantitative estimate of drug-likeness (QED) is 0.823. The number of aromatic nitrogens is 1. The fraction of sp³-hybridized carbons (Fsp3) is 0.333. The minimum absolute atomic E-state index is 0.0535. The van der Waals surface area contributed by atoms with Gasteiger partial charge in [-0.3, -0.25) is 9.78 Å². The van der Waals surface area contributed by atoms with Crippen LogP contribution < -0.4 is 10.1 Å². The van der Waals surface area contributed by atoms with Crippen molar-refractivity contribution in [3.8, 4) is 5.75 Å². The molecule has 0 bridgehead atoms. The first-order chi connectivity index (χ1) is 11.1. The first-order valence-electron chi connectivity index (χ1n) is 7.63. The molecule has 0 fully saturated rings. The van der Waals surface area contributed by atoms with E-state index in [-0.39, 0.29) is 31.1 Å². The Morgan fingerprint density at radius 3 is 2.52 bits per heavy atom. The molecule has 122 valence electrons. The predicted octanol–water partition coefficient (Wildman–Crippen LogP) is 2.47. The van der Waals surface area contributed by atoms with Crippen LogP contribution in [-0.2, 0) is 11.4 Å². The lowest BCUT2D eigenvalue weighted by Gasteiger charge is -2.23. The van der Waals surface area contributed by atoms with E-state index in [4.69, 9.17) is 9.84 Å². The highest BCUT2D eigenvalue weighted by Gasteiger charge is 2.18. The van der Waals surface area contributed by atoms with E-state index in [1.807, 2.05) is 30.3 Å². The zero-order chi connectivity index (χ0) is 16.7. The minimum Gasteiger partial charge on any atom is -0.482 e. The van der Waals surface area contributed by atoms with E-state index in [0.717, 1.165) is 5.56 Å². The number of aliphatic hydroxyl groups is 1. The molecule has 0 aliphatic carbocycles. The molecule has 5 nitrogen and oxygen atoms in total. The van der Waals surface area contributed by atoms with Gasteiger partial charge in [0.05, 0.1) is 24.5 Å². The van der Waals surface area contributed by atoms with Crippen LogP contribution in [-0.4, -0.2) is 22.6 Å². The number of hydrogen-bond donors (Lipinski definition) is 2. The summed E-state index contributed by atoms with van der Waals surface area (Å²) in [6.07, 6.45) is 1.50. The first kappa shape index (κ1) is 17.0.